The van der Waals surface area contributed by atoms with E-state index in [1.807, 2.05) is 49.4 Å². The summed E-state index contributed by atoms with van der Waals surface area (Å²) in [5.41, 5.74) is 3.79. The summed E-state index contributed by atoms with van der Waals surface area (Å²) < 4.78 is 0. The highest BCUT2D eigenvalue weighted by molar-refractivity contribution is 6.06. The zero-order chi connectivity index (χ0) is 13.9. The Morgan fingerprint density at radius 3 is 2.75 bits per heavy atom. The van der Waals surface area contributed by atoms with Crippen molar-refractivity contribution in [1.29, 1.82) is 0 Å². The van der Waals surface area contributed by atoms with Crippen LogP contribution in [-0.2, 0) is 11.5 Å². The van der Waals surface area contributed by atoms with Crippen LogP contribution in [0.4, 0.5) is 0 Å². The average Bonchev–Trinajstić information content (AvgIpc) is 2.93. The Morgan fingerprint density at radius 2 is 1.95 bits per heavy atom. The Bertz CT molecular complexity index is 669. The van der Waals surface area contributed by atoms with Gasteiger partial charge in [-0.1, -0.05) is 42.0 Å². The predicted molar refractivity (Wildman–Crippen MR) is 76.4 cm³/mol. The highest BCUT2D eigenvalue weighted by atomic mass is 17.2. The second-order valence-electron chi connectivity index (χ2n) is 4.78. The minimum atomic E-state index is -0.00185. The van der Waals surface area contributed by atoms with Crippen molar-refractivity contribution in [2.75, 3.05) is 0 Å². The van der Waals surface area contributed by atoms with Crippen LogP contribution in [0.5, 0.6) is 5.75 Å². The molecule has 1 aliphatic heterocycles. The normalized spacial score (nSPS) is 13.2. The van der Waals surface area contributed by atoms with Crippen molar-refractivity contribution in [3.8, 4) is 5.75 Å². The second kappa shape index (κ2) is 5.31. The molecule has 0 amide bonds. The van der Waals surface area contributed by atoms with Crippen molar-refractivity contribution in [3.05, 3.63) is 70.8 Å². The molecule has 1 aliphatic rings. The zero-order valence-corrected chi connectivity index (χ0v) is 11.1. The number of ketones is 1. The molecule has 0 spiro atoms. The summed E-state index contributed by atoms with van der Waals surface area (Å²) in [6.45, 7) is 2.45. The smallest absolute Gasteiger partial charge is 0.185 e. The lowest BCUT2D eigenvalue weighted by Gasteiger charge is -1.98. The van der Waals surface area contributed by atoms with Crippen LogP contribution in [0.15, 0.2) is 48.5 Å². The Hall–Kier alpha value is -2.39. The molecule has 2 aromatic carbocycles. The summed E-state index contributed by atoms with van der Waals surface area (Å²) in [5.74, 6) is 0.741. The van der Waals surface area contributed by atoms with Crippen molar-refractivity contribution >= 4 is 11.9 Å². The Labute approximate surface area is 117 Å². The molecule has 3 nitrogen and oxygen atoms in total. The summed E-state index contributed by atoms with van der Waals surface area (Å²) in [6, 6.07) is 13.3. The molecule has 3 rings (SSSR count). The third-order valence-electron chi connectivity index (χ3n) is 3.21. The molecule has 0 unspecified atom stereocenters. The molecule has 0 N–H and O–H groups in total. The first kappa shape index (κ1) is 12.6. The molecule has 0 bridgehead atoms. The van der Waals surface area contributed by atoms with E-state index in [2.05, 4.69) is 0 Å². The highest BCUT2D eigenvalue weighted by Crippen LogP contribution is 2.27. The van der Waals surface area contributed by atoms with E-state index in [0.29, 0.717) is 12.2 Å². The molecule has 100 valence electrons. The zero-order valence-electron chi connectivity index (χ0n) is 11.1. The number of allylic oxidation sites excluding steroid dienone is 1. The largest absolute Gasteiger partial charge is 0.337 e. The van der Waals surface area contributed by atoms with E-state index < -0.39 is 0 Å². The first-order valence-electron chi connectivity index (χ1n) is 6.44. The summed E-state index contributed by atoms with van der Waals surface area (Å²) in [5, 5.41) is 0. The maximum atomic E-state index is 12.0. The number of rotatable bonds is 3. The Balaban J connectivity index is 1.76. The van der Waals surface area contributed by atoms with Gasteiger partial charge in [-0.15, -0.1) is 0 Å². The van der Waals surface area contributed by atoms with E-state index in [0.717, 1.165) is 22.4 Å². The fourth-order valence-corrected chi connectivity index (χ4v) is 2.04. The van der Waals surface area contributed by atoms with E-state index in [-0.39, 0.29) is 5.78 Å². The quantitative estimate of drug-likeness (QED) is 0.482. The average molecular weight is 266 g/mol. The maximum absolute atomic E-state index is 12.0. The van der Waals surface area contributed by atoms with E-state index in [1.54, 1.807) is 12.2 Å². The van der Waals surface area contributed by atoms with Gasteiger partial charge in [-0.3, -0.25) is 4.79 Å². The van der Waals surface area contributed by atoms with Crippen molar-refractivity contribution < 1.29 is 14.6 Å². The van der Waals surface area contributed by atoms with Crippen molar-refractivity contribution in [2.24, 2.45) is 0 Å². The Morgan fingerprint density at radius 1 is 1.15 bits per heavy atom. The van der Waals surface area contributed by atoms with Gasteiger partial charge in [-0.2, -0.15) is 4.89 Å². The van der Waals surface area contributed by atoms with Gasteiger partial charge in [-0.25, -0.2) is 0 Å². The van der Waals surface area contributed by atoms with Crippen LogP contribution < -0.4 is 4.89 Å². The highest BCUT2D eigenvalue weighted by Gasteiger charge is 2.13. The van der Waals surface area contributed by atoms with Crippen molar-refractivity contribution in [3.63, 3.8) is 0 Å². The Kier molecular flexibility index (Phi) is 3.35. The third kappa shape index (κ3) is 2.63. The number of hydrogen-bond acceptors (Lipinski definition) is 3. The monoisotopic (exact) mass is 266 g/mol. The summed E-state index contributed by atoms with van der Waals surface area (Å²) in [6.07, 6.45) is 3.39. The molecule has 0 saturated carbocycles. The second-order valence-corrected chi connectivity index (χ2v) is 4.78. The lowest BCUT2D eigenvalue weighted by atomic mass is 10.1. The molecule has 0 fully saturated rings. The van der Waals surface area contributed by atoms with E-state index in [4.69, 9.17) is 9.78 Å². The number of aryl methyl sites for hydroxylation is 1. The summed E-state index contributed by atoms with van der Waals surface area (Å²) in [7, 11) is 0. The van der Waals surface area contributed by atoms with Crippen LogP contribution in [0, 0.1) is 6.92 Å². The van der Waals surface area contributed by atoms with Crippen LogP contribution in [0.2, 0.25) is 0 Å². The standard InChI is InChI=1S/C17H14O3/c1-12-2-6-14(7-3-12)16(18)8-4-13-5-9-17-15(10-13)11-19-20-17/h2-10H,11H2,1H3. The summed E-state index contributed by atoms with van der Waals surface area (Å²) >= 11 is 0. The molecular weight excluding hydrogens is 252 g/mol. The van der Waals surface area contributed by atoms with Gasteiger partial charge in [0.15, 0.2) is 11.5 Å². The molecule has 0 aliphatic carbocycles. The molecule has 3 heteroatoms. The van der Waals surface area contributed by atoms with Gasteiger partial charge >= 0.3 is 0 Å². The van der Waals surface area contributed by atoms with Gasteiger partial charge in [0.2, 0.25) is 0 Å². The van der Waals surface area contributed by atoms with E-state index in [1.165, 1.54) is 0 Å². The summed E-state index contributed by atoms with van der Waals surface area (Å²) in [4.78, 5) is 21.9. The minimum Gasteiger partial charge on any atom is -0.337 e. The van der Waals surface area contributed by atoms with Crippen LogP contribution in [0.3, 0.4) is 0 Å². The molecular formula is C17H14O3. The van der Waals surface area contributed by atoms with Gasteiger partial charge in [0.1, 0.15) is 6.61 Å². The van der Waals surface area contributed by atoms with Crippen molar-refractivity contribution in [2.45, 2.75) is 13.5 Å². The van der Waals surface area contributed by atoms with E-state index >= 15 is 0 Å². The lowest BCUT2D eigenvalue weighted by Crippen LogP contribution is -1.93. The molecule has 2 aromatic rings. The number of hydrogen-bond donors (Lipinski definition) is 0. The van der Waals surface area contributed by atoms with Gasteiger partial charge in [0, 0.05) is 11.1 Å². The fourth-order valence-electron chi connectivity index (χ4n) is 2.04. The number of carbonyl (C=O) groups is 1. The minimum absolute atomic E-state index is 0.00185. The van der Waals surface area contributed by atoms with E-state index in [9.17, 15) is 4.79 Å². The SMILES string of the molecule is Cc1ccc(C(=O)C=Cc2ccc3c(c2)COO3)cc1. The molecule has 20 heavy (non-hydrogen) atoms. The molecule has 1 heterocycles. The third-order valence-corrected chi connectivity index (χ3v) is 3.21. The van der Waals surface area contributed by atoms with Crippen LogP contribution in [0.25, 0.3) is 6.08 Å². The maximum Gasteiger partial charge on any atom is 0.185 e. The lowest BCUT2D eigenvalue weighted by molar-refractivity contribution is -0.194. The fraction of sp³-hybridized carbons (Fsp3) is 0.118. The first-order valence-corrected chi connectivity index (χ1v) is 6.44. The van der Waals surface area contributed by atoms with Crippen LogP contribution >= 0.6 is 0 Å². The van der Waals surface area contributed by atoms with Gasteiger partial charge in [0.05, 0.1) is 0 Å². The molecule has 0 atom stereocenters. The van der Waals surface area contributed by atoms with Crippen molar-refractivity contribution in [1.82, 2.24) is 0 Å². The molecule has 0 saturated heterocycles. The van der Waals surface area contributed by atoms with Gasteiger partial charge in [0.25, 0.3) is 0 Å². The van der Waals surface area contributed by atoms with Crippen LogP contribution in [0.1, 0.15) is 27.0 Å². The predicted octanol–water partition coefficient (Wildman–Crippen LogP) is 3.72. The number of benzene rings is 2. The number of carbonyl (C=O) groups excluding carboxylic acids is 1. The first-order chi connectivity index (χ1) is 9.72. The van der Waals surface area contributed by atoms with Gasteiger partial charge < -0.3 is 4.89 Å². The van der Waals surface area contributed by atoms with Crippen LogP contribution in [-0.4, -0.2) is 5.78 Å². The molecule has 0 radical (unpaired) electrons. The molecule has 0 aromatic heterocycles. The topological polar surface area (TPSA) is 35.5 Å². The van der Waals surface area contributed by atoms with Gasteiger partial charge in [-0.05, 0) is 30.7 Å². The number of fused-ring (bicyclic) bond motifs is 1.